The second-order valence-corrected chi connectivity index (χ2v) is 3.56. The molecule has 0 aliphatic carbocycles. The summed E-state index contributed by atoms with van der Waals surface area (Å²) in [5, 5.41) is 12.4. The maximum Gasteiger partial charge on any atom is 0.140 e. The lowest BCUT2D eigenvalue weighted by Crippen LogP contribution is -1.92. The highest BCUT2D eigenvalue weighted by Gasteiger charge is 1.99. The molecule has 0 bridgehead atoms. The van der Waals surface area contributed by atoms with Gasteiger partial charge in [-0.3, -0.25) is 0 Å². The topological polar surface area (TPSA) is 48.7 Å². The average Bonchev–Trinajstić information content (AvgIpc) is 2.33. The Hall–Kier alpha value is -2.05. The number of nitrogens with zero attached hydrogens (tertiary/aromatic N) is 2. The Kier molecular flexibility index (Phi) is 3.04. The molecule has 16 heavy (non-hydrogen) atoms. The molecule has 3 nitrogen and oxygen atoms in total. The number of hydrogen-bond donors (Lipinski definition) is 1. The number of hydrogen-bond acceptors (Lipinski definition) is 3. The van der Waals surface area contributed by atoms with Crippen LogP contribution in [0.5, 0.6) is 0 Å². The summed E-state index contributed by atoms with van der Waals surface area (Å²) in [5.74, 6) is 0. The van der Waals surface area contributed by atoms with Gasteiger partial charge in [-0.25, -0.2) is 4.98 Å². The van der Waals surface area contributed by atoms with E-state index in [4.69, 9.17) is 16.9 Å². The van der Waals surface area contributed by atoms with Crippen LogP contribution in [-0.4, -0.2) is 4.98 Å². The van der Waals surface area contributed by atoms with Gasteiger partial charge in [-0.1, -0.05) is 23.7 Å². The zero-order valence-electron chi connectivity index (χ0n) is 8.31. The van der Waals surface area contributed by atoms with E-state index in [-0.39, 0.29) is 0 Å². The van der Waals surface area contributed by atoms with Gasteiger partial charge in [0.25, 0.3) is 0 Å². The number of anilines is 2. The van der Waals surface area contributed by atoms with E-state index in [2.05, 4.69) is 10.3 Å². The number of rotatable bonds is 2. The van der Waals surface area contributed by atoms with Crippen molar-refractivity contribution < 1.29 is 0 Å². The number of aromatic nitrogens is 1. The fourth-order valence-corrected chi connectivity index (χ4v) is 1.44. The fraction of sp³-hybridized carbons (Fsp3) is 0. The van der Waals surface area contributed by atoms with Crippen molar-refractivity contribution in [1.29, 1.82) is 5.26 Å². The Morgan fingerprint density at radius 3 is 2.62 bits per heavy atom. The standard InChI is InChI=1S/C12H8ClN3/c13-11-3-1-2-4-12(11)16-10-6-5-9(7-14)15-8-10/h1-6,8,16H. The van der Waals surface area contributed by atoms with Gasteiger partial charge in [0.15, 0.2) is 0 Å². The minimum Gasteiger partial charge on any atom is -0.353 e. The smallest absolute Gasteiger partial charge is 0.140 e. The van der Waals surface area contributed by atoms with E-state index in [1.54, 1.807) is 24.4 Å². The molecule has 0 aliphatic heterocycles. The van der Waals surface area contributed by atoms with E-state index in [0.29, 0.717) is 10.7 Å². The van der Waals surface area contributed by atoms with Gasteiger partial charge < -0.3 is 5.32 Å². The second-order valence-electron chi connectivity index (χ2n) is 3.15. The van der Waals surface area contributed by atoms with Crippen molar-refractivity contribution in [2.45, 2.75) is 0 Å². The van der Waals surface area contributed by atoms with Crippen molar-refractivity contribution in [2.75, 3.05) is 5.32 Å². The third-order valence-electron chi connectivity index (χ3n) is 2.03. The molecule has 0 saturated carbocycles. The highest BCUT2D eigenvalue weighted by molar-refractivity contribution is 6.33. The summed E-state index contributed by atoms with van der Waals surface area (Å²) in [6, 6.07) is 12.8. The van der Waals surface area contributed by atoms with E-state index in [1.807, 2.05) is 24.3 Å². The molecule has 0 aliphatic rings. The van der Waals surface area contributed by atoms with Crippen LogP contribution in [0.25, 0.3) is 0 Å². The molecule has 0 spiro atoms. The Bertz CT molecular complexity index is 529. The van der Waals surface area contributed by atoms with Crippen LogP contribution in [0, 0.1) is 11.3 Å². The first-order chi connectivity index (χ1) is 7.79. The van der Waals surface area contributed by atoms with Crippen LogP contribution in [0.1, 0.15) is 5.69 Å². The van der Waals surface area contributed by atoms with E-state index in [1.165, 1.54) is 0 Å². The van der Waals surface area contributed by atoms with Gasteiger partial charge in [-0.05, 0) is 24.3 Å². The molecule has 78 valence electrons. The number of para-hydroxylation sites is 1. The van der Waals surface area contributed by atoms with E-state index < -0.39 is 0 Å². The summed E-state index contributed by atoms with van der Waals surface area (Å²) in [4.78, 5) is 3.96. The zero-order valence-corrected chi connectivity index (χ0v) is 9.07. The predicted molar refractivity (Wildman–Crippen MR) is 63.7 cm³/mol. The average molecular weight is 230 g/mol. The lowest BCUT2D eigenvalue weighted by Gasteiger charge is -2.07. The Labute approximate surface area is 98.3 Å². The number of halogens is 1. The number of benzene rings is 1. The molecule has 2 rings (SSSR count). The highest BCUT2D eigenvalue weighted by atomic mass is 35.5. The molecule has 1 aromatic carbocycles. The Balaban J connectivity index is 2.22. The zero-order chi connectivity index (χ0) is 11.4. The van der Waals surface area contributed by atoms with Gasteiger partial charge in [0, 0.05) is 0 Å². The predicted octanol–water partition coefficient (Wildman–Crippen LogP) is 3.35. The fourth-order valence-electron chi connectivity index (χ4n) is 1.25. The second kappa shape index (κ2) is 4.65. The minimum atomic E-state index is 0.393. The molecule has 0 fully saturated rings. The molecule has 2 aromatic rings. The van der Waals surface area contributed by atoms with Crippen molar-refractivity contribution in [1.82, 2.24) is 4.98 Å². The Morgan fingerprint density at radius 1 is 1.19 bits per heavy atom. The Morgan fingerprint density at radius 2 is 2.00 bits per heavy atom. The number of nitrogens with one attached hydrogen (secondary N) is 1. The van der Waals surface area contributed by atoms with Crippen LogP contribution in [0.3, 0.4) is 0 Å². The molecule has 4 heteroatoms. The summed E-state index contributed by atoms with van der Waals surface area (Å²) in [5.41, 5.74) is 2.01. The van der Waals surface area contributed by atoms with Crippen molar-refractivity contribution in [2.24, 2.45) is 0 Å². The van der Waals surface area contributed by atoms with Crippen molar-refractivity contribution in [3.63, 3.8) is 0 Å². The summed E-state index contributed by atoms with van der Waals surface area (Å²) in [6.45, 7) is 0. The third kappa shape index (κ3) is 2.30. The maximum atomic E-state index is 8.61. The van der Waals surface area contributed by atoms with Crippen LogP contribution in [0.4, 0.5) is 11.4 Å². The molecule has 1 N–H and O–H groups in total. The van der Waals surface area contributed by atoms with Crippen LogP contribution in [-0.2, 0) is 0 Å². The summed E-state index contributed by atoms with van der Waals surface area (Å²) >= 11 is 6.00. The maximum absolute atomic E-state index is 8.61. The first kappa shape index (κ1) is 10.5. The van der Waals surface area contributed by atoms with Gasteiger partial charge in [0.1, 0.15) is 11.8 Å². The monoisotopic (exact) mass is 229 g/mol. The van der Waals surface area contributed by atoms with Gasteiger partial charge in [0.05, 0.1) is 22.6 Å². The molecule has 0 amide bonds. The molecule has 1 aromatic heterocycles. The molecular formula is C12H8ClN3. The van der Waals surface area contributed by atoms with Crippen molar-refractivity contribution in [3.8, 4) is 6.07 Å². The number of nitriles is 1. The lowest BCUT2D eigenvalue weighted by molar-refractivity contribution is 1.26. The lowest BCUT2D eigenvalue weighted by atomic mass is 10.3. The van der Waals surface area contributed by atoms with E-state index >= 15 is 0 Å². The van der Waals surface area contributed by atoms with Crippen molar-refractivity contribution in [3.05, 3.63) is 53.3 Å². The van der Waals surface area contributed by atoms with Gasteiger partial charge in [-0.2, -0.15) is 5.26 Å². The first-order valence-corrected chi connectivity index (χ1v) is 5.05. The van der Waals surface area contributed by atoms with Crippen LogP contribution in [0.15, 0.2) is 42.6 Å². The van der Waals surface area contributed by atoms with Crippen LogP contribution in [0.2, 0.25) is 5.02 Å². The van der Waals surface area contributed by atoms with Crippen LogP contribution < -0.4 is 5.32 Å². The summed E-state index contributed by atoms with van der Waals surface area (Å²) < 4.78 is 0. The van der Waals surface area contributed by atoms with Crippen LogP contribution >= 0.6 is 11.6 Å². The van der Waals surface area contributed by atoms with Crippen molar-refractivity contribution >= 4 is 23.0 Å². The van der Waals surface area contributed by atoms with E-state index in [9.17, 15) is 0 Å². The first-order valence-electron chi connectivity index (χ1n) is 4.67. The number of pyridine rings is 1. The molecular weight excluding hydrogens is 222 g/mol. The van der Waals surface area contributed by atoms with E-state index in [0.717, 1.165) is 11.4 Å². The molecule has 0 unspecified atom stereocenters. The molecule has 1 heterocycles. The SMILES string of the molecule is N#Cc1ccc(Nc2ccccc2Cl)cn1. The largest absolute Gasteiger partial charge is 0.353 e. The molecule has 0 atom stereocenters. The normalized spacial score (nSPS) is 9.50. The molecule has 0 radical (unpaired) electrons. The van der Waals surface area contributed by atoms with Gasteiger partial charge in [0.2, 0.25) is 0 Å². The molecule has 0 saturated heterocycles. The minimum absolute atomic E-state index is 0.393. The highest BCUT2D eigenvalue weighted by Crippen LogP contribution is 2.24. The van der Waals surface area contributed by atoms with Gasteiger partial charge >= 0.3 is 0 Å². The summed E-state index contributed by atoms with van der Waals surface area (Å²) in [7, 11) is 0. The summed E-state index contributed by atoms with van der Waals surface area (Å²) in [6.07, 6.45) is 1.60. The third-order valence-corrected chi connectivity index (χ3v) is 2.36. The van der Waals surface area contributed by atoms with Gasteiger partial charge in [-0.15, -0.1) is 0 Å². The quantitative estimate of drug-likeness (QED) is 0.859.